The van der Waals surface area contributed by atoms with E-state index in [4.69, 9.17) is 4.74 Å². The number of nitrogens with one attached hydrogen (secondary N) is 3. The molecule has 1 aliphatic carbocycles. The molecular weight excluding hydrogens is 376 g/mol. The lowest BCUT2D eigenvalue weighted by atomic mass is 9.98. The van der Waals surface area contributed by atoms with Crippen molar-refractivity contribution < 1.29 is 13.2 Å². The van der Waals surface area contributed by atoms with Crippen molar-refractivity contribution in [2.75, 3.05) is 30.7 Å². The minimum Gasteiger partial charge on any atom is -0.378 e. The van der Waals surface area contributed by atoms with Gasteiger partial charge >= 0.3 is 0 Å². The molecule has 0 radical (unpaired) electrons. The number of anilines is 1. The van der Waals surface area contributed by atoms with Crippen LogP contribution >= 0.6 is 0 Å². The Morgan fingerprint density at radius 2 is 1.93 bits per heavy atom. The van der Waals surface area contributed by atoms with Crippen molar-refractivity contribution in [1.82, 2.24) is 10.6 Å². The van der Waals surface area contributed by atoms with Crippen LogP contribution in [0.2, 0.25) is 0 Å². The standard InChI is InChI=1S/C20H34N4O3S/c1-3-21-20(22-14-9-15-27-18-11-5-4-6-12-18)23-16-17-10-7-8-13-19(17)24-28(2,25)26/h7-8,10,13,18,24H,3-6,9,11-12,14-16H2,1-2H3,(H2,21,22,23). The van der Waals surface area contributed by atoms with Gasteiger partial charge < -0.3 is 15.4 Å². The quantitative estimate of drug-likeness (QED) is 0.313. The molecule has 3 N–H and O–H groups in total. The summed E-state index contributed by atoms with van der Waals surface area (Å²) >= 11 is 0. The zero-order chi connectivity index (χ0) is 20.2. The molecule has 1 aliphatic rings. The van der Waals surface area contributed by atoms with E-state index in [0.29, 0.717) is 24.3 Å². The van der Waals surface area contributed by atoms with Gasteiger partial charge in [0.2, 0.25) is 10.0 Å². The number of hydrogen-bond acceptors (Lipinski definition) is 4. The number of guanidine groups is 1. The number of hydrogen-bond donors (Lipinski definition) is 3. The molecule has 1 saturated carbocycles. The maximum atomic E-state index is 11.5. The number of ether oxygens (including phenoxy) is 1. The summed E-state index contributed by atoms with van der Waals surface area (Å²) in [4.78, 5) is 4.58. The van der Waals surface area contributed by atoms with E-state index in [2.05, 4.69) is 20.3 Å². The molecule has 0 spiro atoms. The highest BCUT2D eigenvalue weighted by Gasteiger charge is 2.13. The average Bonchev–Trinajstić information content (AvgIpc) is 2.66. The average molecular weight is 411 g/mol. The molecule has 7 nitrogen and oxygen atoms in total. The van der Waals surface area contributed by atoms with Crippen molar-refractivity contribution in [3.05, 3.63) is 29.8 Å². The normalized spacial score (nSPS) is 16.0. The van der Waals surface area contributed by atoms with Crippen LogP contribution in [-0.2, 0) is 21.3 Å². The van der Waals surface area contributed by atoms with Gasteiger partial charge in [0.25, 0.3) is 0 Å². The van der Waals surface area contributed by atoms with Gasteiger partial charge in [-0.3, -0.25) is 4.72 Å². The number of rotatable bonds is 10. The van der Waals surface area contributed by atoms with Crippen LogP contribution in [0.3, 0.4) is 0 Å². The summed E-state index contributed by atoms with van der Waals surface area (Å²) in [5.74, 6) is 0.717. The smallest absolute Gasteiger partial charge is 0.229 e. The van der Waals surface area contributed by atoms with Gasteiger partial charge in [-0.15, -0.1) is 0 Å². The first-order chi connectivity index (χ1) is 13.5. The first kappa shape index (κ1) is 22.5. The minimum atomic E-state index is -3.32. The molecule has 0 aromatic heterocycles. The van der Waals surface area contributed by atoms with Crippen LogP contribution in [0.5, 0.6) is 0 Å². The molecule has 1 fully saturated rings. The van der Waals surface area contributed by atoms with E-state index in [1.54, 1.807) is 12.1 Å². The van der Waals surface area contributed by atoms with Crippen molar-refractivity contribution >= 4 is 21.7 Å². The molecule has 0 atom stereocenters. The molecule has 0 aliphatic heterocycles. The minimum absolute atomic E-state index is 0.382. The van der Waals surface area contributed by atoms with E-state index < -0.39 is 10.0 Å². The molecule has 0 unspecified atom stereocenters. The van der Waals surface area contributed by atoms with Crippen LogP contribution in [0.4, 0.5) is 5.69 Å². The summed E-state index contributed by atoms with van der Waals surface area (Å²) in [7, 11) is -3.32. The van der Waals surface area contributed by atoms with Crippen LogP contribution in [-0.4, -0.2) is 46.4 Å². The van der Waals surface area contributed by atoms with Gasteiger partial charge in [0.05, 0.1) is 24.6 Å². The van der Waals surface area contributed by atoms with E-state index in [-0.39, 0.29) is 0 Å². The number of benzene rings is 1. The topological polar surface area (TPSA) is 91.8 Å². The first-order valence-corrected chi connectivity index (χ1v) is 12.1. The zero-order valence-electron chi connectivity index (χ0n) is 17.0. The van der Waals surface area contributed by atoms with Crippen molar-refractivity contribution in [1.29, 1.82) is 0 Å². The van der Waals surface area contributed by atoms with Crippen LogP contribution in [0, 0.1) is 0 Å². The first-order valence-electron chi connectivity index (χ1n) is 10.2. The highest BCUT2D eigenvalue weighted by Crippen LogP contribution is 2.20. The molecule has 0 amide bonds. The molecular formula is C20H34N4O3S. The Labute approximate surface area is 169 Å². The van der Waals surface area contributed by atoms with E-state index in [1.165, 1.54) is 32.1 Å². The summed E-state index contributed by atoms with van der Waals surface area (Å²) in [6, 6.07) is 7.30. The Hall–Kier alpha value is -1.80. The van der Waals surface area contributed by atoms with Crippen molar-refractivity contribution in [2.45, 2.75) is 58.1 Å². The van der Waals surface area contributed by atoms with Crippen LogP contribution in [0.25, 0.3) is 0 Å². The van der Waals surface area contributed by atoms with Crippen LogP contribution < -0.4 is 15.4 Å². The molecule has 8 heteroatoms. The Balaban J connectivity index is 1.81. The molecule has 28 heavy (non-hydrogen) atoms. The predicted molar refractivity (Wildman–Crippen MR) is 115 cm³/mol. The highest BCUT2D eigenvalue weighted by atomic mass is 32.2. The van der Waals surface area contributed by atoms with Crippen molar-refractivity contribution in [2.24, 2.45) is 4.99 Å². The third-order valence-corrected chi connectivity index (χ3v) is 5.17. The third-order valence-electron chi connectivity index (χ3n) is 4.58. The molecule has 1 aromatic carbocycles. The lowest BCUT2D eigenvalue weighted by molar-refractivity contribution is 0.0277. The van der Waals surface area contributed by atoms with Gasteiger partial charge in [0.1, 0.15) is 0 Å². The SMILES string of the molecule is CCNC(=NCc1ccccc1NS(C)(=O)=O)NCCCOC1CCCCC1. The second-order valence-electron chi connectivity index (χ2n) is 7.14. The van der Waals surface area contributed by atoms with Gasteiger partial charge in [-0.05, 0) is 37.8 Å². The van der Waals surface area contributed by atoms with Crippen molar-refractivity contribution in [3.63, 3.8) is 0 Å². The van der Waals surface area contributed by atoms with E-state index in [0.717, 1.165) is 37.9 Å². The fraction of sp³-hybridized carbons (Fsp3) is 0.650. The Kier molecular flexibility index (Phi) is 9.57. The summed E-state index contributed by atoms with van der Waals surface area (Å²) in [6.45, 7) is 4.70. The maximum absolute atomic E-state index is 11.5. The number of nitrogens with zero attached hydrogens (tertiary/aromatic N) is 1. The van der Waals surface area contributed by atoms with Gasteiger partial charge in [-0.2, -0.15) is 0 Å². The van der Waals surface area contributed by atoms with E-state index >= 15 is 0 Å². The Bertz CT molecular complexity index is 716. The molecule has 0 bridgehead atoms. The van der Waals surface area contributed by atoms with Gasteiger partial charge in [0.15, 0.2) is 5.96 Å². The Morgan fingerprint density at radius 3 is 2.64 bits per heavy atom. The number of sulfonamides is 1. The summed E-state index contributed by atoms with van der Waals surface area (Å²) in [5, 5.41) is 6.54. The largest absolute Gasteiger partial charge is 0.378 e. The fourth-order valence-corrected chi connectivity index (χ4v) is 3.82. The van der Waals surface area contributed by atoms with E-state index in [1.807, 2.05) is 19.1 Å². The number of para-hydroxylation sites is 1. The lowest BCUT2D eigenvalue weighted by Gasteiger charge is -2.22. The molecule has 1 aromatic rings. The lowest BCUT2D eigenvalue weighted by Crippen LogP contribution is -2.38. The molecule has 2 rings (SSSR count). The molecule has 0 heterocycles. The predicted octanol–water partition coefficient (Wildman–Crippen LogP) is 2.85. The molecule has 158 valence electrons. The van der Waals surface area contributed by atoms with Crippen molar-refractivity contribution in [3.8, 4) is 0 Å². The summed E-state index contributed by atoms with van der Waals surface area (Å²) in [5.41, 5.74) is 1.39. The van der Waals surface area contributed by atoms with Gasteiger partial charge in [-0.1, -0.05) is 37.5 Å². The number of aliphatic imine (C=N–C) groups is 1. The third kappa shape index (κ3) is 8.93. The molecule has 0 saturated heterocycles. The second-order valence-corrected chi connectivity index (χ2v) is 8.89. The maximum Gasteiger partial charge on any atom is 0.229 e. The fourth-order valence-electron chi connectivity index (χ4n) is 3.22. The van der Waals surface area contributed by atoms with Gasteiger partial charge in [-0.25, -0.2) is 13.4 Å². The highest BCUT2D eigenvalue weighted by molar-refractivity contribution is 7.92. The van der Waals surface area contributed by atoms with Crippen LogP contribution in [0.15, 0.2) is 29.3 Å². The summed E-state index contributed by atoms with van der Waals surface area (Å²) in [6.07, 6.45) is 8.81. The second kappa shape index (κ2) is 11.9. The van der Waals surface area contributed by atoms with E-state index in [9.17, 15) is 8.42 Å². The van der Waals surface area contributed by atoms with Gasteiger partial charge in [0, 0.05) is 19.7 Å². The summed E-state index contributed by atoms with van der Waals surface area (Å²) < 4.78 is 31.5. The van der Waals surface area contributed by atoms with Crippen LogP contribution in [0.1, 0.15) is 51.0 Å². The monoisotopic (exact) mass is 410 g/mol. The zero-order valence-corrected chi connectivity index (χ0v) is 17.9. The Morgan fingerprint density at radius 1 is 1.18 bits per heavy atom.